The summed E-state index contributed by atoms with van der Waals surface area (Å²) in [7, 11) is -2.15. The lowest BCUT2D eigenvalue weighted by Crippen LogP contribution is -2.27. The van der Waals surface area contributed by atoms with Crippen LogP contribution in [0.3, 0.4) is 0 Å². The molecule has 0 saturated heterocycles. The van der Waals surface area contributed by atoms with Crippen LogP contribution in [0.1, 0.15) is 11.3 Å². The van der Waals surface area contributed by atoms with Crippen molar-refractivity contribution < 1.29 is 8.42 Å². The van der Waals surface area contributed by atoms with Crippen molar-refractivity contribution in [3.05, 3.63) is 39.3 Å². The van der Waals surface area contributed by atoms with Gasteiger partial charge in [-0.25, -0.2) is 13.4 Å². The van der Waals surface area contributed by atoms with Gasteiger partial charge in [-0.15, -0.1) is 11.3 Å². The third kappa shape index (κ3) is 2.95. The summed E-state index contributed by atoms with van der Waals surface area (Å²) < 4.78 is 26.4. The second-order valence-corrected chi connectivity index (χ2v) is 7.53. The number of nitrogen functional groups attached to an aromatic ring is 1. The van der Waals surface area contributed by atoms with Gasteiger partial charge in [-0.3, -0.25) is 0 Å². The van der Waals surface area contributed by atoms with E-state index < -0.39 is 10.0 Å². The molecule has 108 valence electrons. The first-order chi connectivity index (χ1) is 9.32. The van der Waals surface area contributed by atoms with Gasteiger partial charge in [0.1, 0.15) is 0 Å². The van der Waals surface area contributed by atoms with E-state index >= 15 is 0 Å². The number of hydrogen-bond donors (Lipinski definition) is 1. The summed E-state index contributed by atoms with van der Waals surface area (Å²) in [5.41, 5.74) is 9.00. The molecule has 0 aliphatic heterocycles. The van der Waals surface area contributed by atoms with E-state index in [1.807, 2.05) is 5.38 Å². The Balaban J connectivity index is 2.40. The summed E-state index contributed by atoms with van der Waals surface area (Å²) in [6.07, 6.45) is 0. The molecule has 0 amide bonds. The number of aromatic nitrogens is 1. The molecule has 0 radical (unpaired) electrons. The zero-order valence-electron chi connectivity index (χ0n) is 11.0. The highest BCUT2D eigenvalue weighted by Crippen LogP contribution is 2.28. The number of thiazole rings is 1. The van der Waals surface area contributed by atoms with Crippen molar-refractivity contribution in [3.63, 3.8) is 0 Å². The molecule has 8 heteroatoms. The zero-order valence-corrected chi connectivity index (χ0v) is 13.4. The third-order valence-corrected chi connectivity index (χ3v) is 5.70. The topological polar surface area (TPSA) is 76.3 Å². The second kappa shape index (κ2) is 5.69. The standard InChI is InChI=1S/C12H14ClN3O2S2/c1-8-11(14)3-9(13)4-12(8)20(17,18)16(2)5-10-6-19-7-15-10/h3-4,6-7H,5,14H2,1-2H3. The summed E-state index contributed by atoms with van der Waals surface area (Å²) in [4.78, 5) is 4.21. The number of hydrogen-bond acceptors (Lipinski definition) is 5. The lowest BCUT2D eigenvalue weighted by molar-refractivity contribution is 0.462. The van der Waals surface area contributed by atoms with E-state index in [9.17, 15) is 8.42 Å². The Morgan fingerprint density at radius 1 is 1.45 bits per heavy atom. The molecule has 0 saturated carbocycles. The van der Waals surface area contributed by atoms with Gasteiger partial charge in [0.25, 0.3) is 0 Å². The molecule has 0 bridgehead atoms. The molecule has 2 aromatic rings. The molecule has 20 heavy (non-hydrogen) atoms. The van der Waals surface area contributed by atoms with Crippen molar-refractivity contribution in [1.82, 2.24) is 9.29 Å². The summed E-state index contributed by atoms with van der Waals surface area (Å²) in [6, 6.07) is 2.95. The van der Waals surface area contributed by atoms with Crippen LogP contribution in [0.25, 0.3) is 0 Å². The zero-order chi connectivity index (χ0) is 14.9. The van der Waals surface area contributed by atoms with Crippen molar-refractivity contribution in [2.45, 2.75) is 18.4 Å². The second-order valence-electron chi connectivity index (χ2n) is 4.36. The quantitative estimate of drug-likeness (QED) is 0.873. The fourth-order valence-electron chi connectivity index (χ4n) is 1.74. The highest BCUT2D eigenvalue weighted by atomic mass is 35.5. The Kier molecular flexibility index (Phi) is 4.33. The fraction of sp³-hybridized carbons (Fsp3) is 0.250. The summed E-state index contributed by atoms with van der Waals surface area (Å²) in [5.74, 6) is 0. The molecule has 1 heterocycles. The van der Waals surface area contributed by atoms with Gasteiger partial charge in [-0.05, 0) is 24.6 Å². The van der Waals surface area contributed by atoms with Gasteiger partial charge in [0, 0.05) is 23.1 Å². The minimum absolute atomic E-state index is 0.125. The predicted octanol–water partition coefficient (Wildman–Crippen LogP) is 2.51. The Labute approximate surface area is 127 Å². The molecule has 0 spiro atoms. The molecule has 2 rings (SSSR count). The van der Waals surface area contributed by atoms with E-state index in [4.69, 9.17) is 17.3 Å². The van der Waals surface area contributed by atoms with Crippen LogP contribution >= 0.6 is 22.9 Å². The minimum atomic E-state index is -3.66. The number of anilines is 1. The van der Waals surface area contributed by atoms with Crippen molar-refractivity contribution in [2.24, 2.45) is 0 Å². The van der Waals surface area contributed by atoms with Crippen LogP contribution in [-0.4, -0.2) is 24.8 Å². The highest BCUT2D eigenvalue weighted by molar-refractivity contribution is 7.89. The maximum absolute atomic E-state index is 12.6. The number of nitrogens with zero attached hydrogens (tertiary/aromatic N) is 2. The van der Waals surface area contributed by atoms with E-state index in [0.29, 0.717) is 22.0 Å². The van der Waals surface area contributed by atoms with Crippen molar-refractivity contribution >= 4 is 38.6 Å². The number of rotatable bonds is 4. The maximum Gasteiger partial charge on any atom is 0.243 e. The van der Waals surface area contributed by atoms with Crippen molar-refractivity contribution in [1.29, 1.82) is 0 Å². The van der Waals surface area contributed by atoms with E-state index in [2.05, 4.69) is 4.98 Å². The molecule has 1 aromatic carbocycles. The van der Waals surface area contributed by atoms with Gasteiger partial charge in [0.15, 0.2) is 0 Å². The predicted molar refractivity (Wildman–Crippen MR) is 81.4 cm³/mol. The number of sulfonamides is 1. The van der Waals surface area contributed by atoms with E-state index in [-0.39, 0.29) is 11.4 Å². The van der Waals surface area contributed by atoms with Crippen molar-refractivity contribution in [2.75, 3.05) is 12.8 Å². The molecule has 5 nitrogen and oxygen atoms in total. The lowest BCUT2D eigenvalue weighted by Gasteiger charge is -2.18. The Bertz CT molecular complexity index is 715. The third-order valence-electron chi connectivity index (χ3n) is 2.92. The van der Waals surface area contributed by atoms with Crippen LogP contribution in [0.2, 0.25) is 5.02 Å². The van der Waals surface area contributed by atoms with E-state index in [1.165, 1.54) is 34.8 Å². The van der Waals surface area contributed by atoms with Crippen LogP contribution in [0.5, 0.6) is 0 Å². The van der Waals surface area contributed by atoms with Gasteiger partial charge >= 0.3 is 0 Å². The van der Waals surface area contributed by atoms with Crippen molar-refractivity contribution in [3.8, 4) is 0 Å². The summed E-state index contributed by atoms with van der Waals surface area (Å²) in [5, 5.41) is 2.11. The smallest absolute Gasteiger partial charge is 0.243 e. The first-order valence-electron chi connectivity index (χ1n) is 5.71. The molecule has 0 unspecified atom stereocenters. The summed E-state index contributed by atoms with van der Waals surface area (Å²) in [6.45, 7) is 1.87. The molecule has 0 fully saturated rings. The fourth-order valence-corrected chi connectivity index (χ4v) is 4.00. The first-order valence-corrected chi connectivity index (χ1v) is 8.47. The molecule has 0 atom stereocenters. The van der Waals surface area contributed by atoms with Gasteiger partial charge < -0.3 is 5.73 Å². The van der Waals surface area contributed by atoms with Gasteiger partial charge in [-0.1, -0.05) is 11.6 Å². The van der Waals surface area contributed by atoms with Gasteiger partial charge in [0.2, 0.25) is 10.0 Å². The molecule has 0 aliphatic rings. The number of halogens is 1. The lowest BCUT2D eigenvalue weighted by atomic mass is 10.2. The van der Waals surface area contributed by atoms with Crippen LogP contribution in [0.4, 0.5) is 5.69 Å². The van der Waals surface area contributed by atoms with E-state index in [0.717, 1.165) is 0 Å². The SMILES string of the molecule is Cc1c(N)cc(Cl)cc1S(=O)(=O)N(C)Cc1cscn1. The van der Waals surface area contributed by atoms with Crippen LogP contribution in [0.15, 0.2) is 27.9 Å². The number of benzene rings is 1. The van der Waals surface area contributed by atoms with Crippen LogP contribution < -0.4 is 5.73 Å². The molecule has 1 aromatic heterocycles. The number of nitrogens with two attached hydrogens (primary N) is 1. The summed E-state index contributed by atoms with van der Waals surface area (Å²) >= 11 is 7.32. The molecular formula is C12H14ClN3O2S2. The Morgan fingerprint density at radius 3 is 2.75 bits per heavy atom. The van der Waals surface area contributed by atoms with Crippen LogP contribution in [-0.2, 0) is 16.6 Å². The maximum atomic E-state index is 12.6. The average Bonchev–Trinajstić information content (AvgIpc) is 2.86. The molecular weight excluding hydrogens is 318 g/mol. The van der Waals surface area contributed by atoms with Gasteiger partial charge in [0.05, 0.1) is 22.6 Å². The largest absolute Gasteiger partial charge is 0.398 e. The first kappa shape index (κ1) is 15.2. The minimum Gasteiger partial charge on any atom is -0.398 e. The van der Waals surface area contributed by atoms with E-state index in [1.54, 1.807) is 12.4 Å². The Hall–Kier alpha value is -1.15. The van der Waals surface area contributed by atoms with Gasteiger partial charge in [-0.2, -0.15) is 4.31 Å². The monoisotopic (exact) mass is 331 g/mol. The normalized spacial score (nSPS) is 12.0. The highest BCUT2D eigenvalue weighted by Gasteiger charge is 2.24. The average molecular weight is 332 g/mol. The molecule has 2 N–H and O–H groups in total. The Morgan fingerprint density at radius 2 is 2.15 bits per heavy atom. The van der Waals surface area contributed by atoms with Crippen LogP contribution in [0, 0.1) is 6.92 Å². The molecule has 0 aliphatic carbocycles.